The fraction of sp³-hybridized carbons (Fsp3) is 0.500. The first-order valence-corrected chi connectivity index (χ1v) is 5.33. The molecule has 0 aliphatic carbocycles. The van der Waals surface area contributed by atoms with Crippen LogP contribution in [0.2, 0.25) is 0 Å². The number of thiocarbonyl (C=S) groups is 1. The monoisotopic (exact) mass is 224 g/mol. The number of hydrogen-bond donors (Lipinski definition) is 1. The number of nitrogens with two attached hydrogens (primary N) is 1. The summed E-state index contributed by atoms with van der Waals surface area (Å²) < 4.78 is 0. The van der Waals surface area contributed by atoms with Crippen LogP contribution in [0.5, 0.6) is 0 Å². The van der Waals surface area contributed by atoms with Crippen LogP contribution in [0, 0.1) is 0 Å². The standard InChI is InChI=1S/C10H16N4S/c1-8(2)14(6-3-9(11)15)10-7-12-4-5-13-10/h4-5,7-8H,3,6H2,1-2H3,(H2,11,15). The Labute approximate surface area is 95.5 Å². The van der Waals surface area contributed by atoms with Crippen LogP contribution in [0.25, 0.3) is 0 Å². The van der Waals surface area contributed by atoms with E-state index >= 15 is 0 Å². The quantitative estimate of drug-likeness (QED) is 0.765. The van der Waals surface area contributed by atoms with Crippen molar-refractivity contribution in [3.05, 3.63) is 18.6 Å². The van der Waals surface area contributed by atoms with Crippen molar-refractivity contribution >= 4 is 23.0 Å². The van der Waals surface area contributed by atoms with Gasteiger partial charge < -0.3 is 10.6 Å². The number of rotatable bonds is 5. The molecule has 1 aromatic rings. The molecule has 0 amide bonds. The third kappa shape index (κ3) is 3.79. The SMILES string of the molecule is CC(C)N(CCC(N)=S)c1cnccn1. The Hall–Kier alpha value is -1.23. The molecule has 0 fully saturated rings. The third-order valence-corrected chi connectivity index (χ3v) is 2.27. The van der Waals surface area contributed by atoms with Gasteiger partial charge in [-0.1, -0.05) is 12.2 Å². The summed E-state index contributed by atoms with van der Waals surface area (Å²) in [5.74, 6) is 0.865. The maximum absolute atomic E-state index is 5.49. The van der Waals surface area contributed by atoms with E-state index in [1.807, 2.05) is 0 Å². The van der Waals surface area contributed by atoms with Gasteiger partial charge in [0.1, 0.15) is 5.82 Å². The Morgan fingerprint density at radius 2 is 2.27 bits per heavy atom. The molecule has 15 heavy (non-hydrogen) atoms. The molecule has 0 bridgehead atoms. The van der Waals surface area contributed by atoms with E-state index in [-0.39, 0.29) is 0 Å². The van der Waals surface area contributed by atoms with Crippen LogP contribution in [-0.2, 0) is 0 Å². The first-order valence-electron chi connectivity index (χ1n) is 4.92. The molecule has 0 radical (unpaired) electrons. The van der Waals surface area contributed by atoms with Crippen molar-refractivity contribution in [2.75, 3.05) is 11.4 Å². The van der Waals surface area contributed by atoms with E-state index in [9.17, 15) is 0 Å². The largest absolute Gasteiger partial charge is 0.393 e. The fourth-order valence-electron chi connectivity index (χ4n) is 1.31. The Morgan fingerprint density at radius 3 is 2.73 bits per heavy atom. The molecular weight excluding hydrogens is 208 g/mol. The fourth-order valence-corrected chi connectivity index (χ4v) is 1.40. The molecule has 0 saturated heterocycles. The zero-order valence-electron chi connectivity index (χ0n) is 9.05. The first-order chi connectivity index (χ1) is 7.11. The molecule has 5 heteroatoms. The van der Waals surface area contributed by atoms with Crippen molar-refractivity contribution in [3.8, 4) is 0 Å². The van der Waals surface area contributed by atoms with E-state index in [0.29, 0.717) is 17.5 Å². The van der Waals surface area contributed by atoms with Crippen LogP contribution in [0.4, 0.5) is 5.82 Å². The predicted molar refractivity (Wildman–Crippen MR) is 65.9 cm³/mol. The Balaban J connectivity index is 2.70. The van der Waals surface area contributed by atoms with Crippen molar-refractivity contribution in [2.24, 2.45) is 5.73 Å². The van der Waals surface area contributed by atoms with Gasteiger partial charge in [-0.25, -0.2) is 4.98 Å². The summed E-state index contributed by atoms with van der Waals surface area (Å²) in [5, 5.41) is 0. The average molecular weight is 224 g/mol. The van der Waals surface area contributed by atoms with Gasteiger partial charge in [-0.2, -0.15) is 0 Å². The minimum atomic E-state index is 0.357. The van der Waals surface area contributed by atoms with Crippen molar-refractivity contribution in [1.82, 2.24) is 9.97 Å². The molecule has 1 heterocycles. The minimum Gasteiger partial charge on any atom is -0.393 e. The summed E-state index contributed by atoms with van der Waals surface area (Å²) in [4.78, 5) is 11.0. The van der Waals surface area contributed by atoms with Gasteiger partial charge >= 0.3 is 0 Å². The summed E-state index contributed by atoms with van der Waals surface area (Å²) in [6.07, 6.45) is 5.80. The molecule has 0 atom stereocenters. The van der Waals surface area contributed by atoms with Gasteiger partial charge in [0.15, 0.2) is 0 Å². The molecule has 0 aromatic carbocycles. The van der Waals surface area contributed by atoms with Crippen molar-refractivity contribution in [2.45, 2.75) is 26.3 Å². The van der Waals surface area contributed by atoms with Crippen LogP contribution in [0.15, 0.2) is 18.6 Å². The van der Waals surface area contributed by atoms with Gasteiger partial charge in [0.25, 0.3) is 0 Å². The Morgan fingerprint density at radius 1 is 1.53 bits per heavy atom. The topological polar surface area (TPSA) is 55.0 Å². The Kier molecular flexibility index (Phi) is 4.42. The molecule has 4 nitrogen and oxygen atoms in total. The van der Waals surface area contributed by atoms with E-state index in [0.717, 1.165) is 12.4 Å². The first kappa shape index (κ1) is 11.8. The molecule has 1 rings (SSSR count). The molecule has 82 valence electrons. The molecule has 0 aliphatic heterocycles. The molecule has 0 spiro atoms. The Bertz CT molecular complexity index is 312. The molecule has 0 unspecified atom stereocenters. The number of aromatic nitrogens is 2. The third-order valence-electron chi connectivity index (χ3n) is 2.07. The van der Waals surface area contributed by atoms with Crippen LogP contribution in [0.3, 0.4) is 0 Å². The summed E-state index contributed by atoms with van der Waals surface area (Å²) >= 11 is 4.87. The van der Waals surface area contributed by atoms with E-state index in [1.165, 1.54) is 0 Å². The second kappa shape index (κ2) is 5.60. The van der Waals surface area contributed by atoms with Crippen LogP contribution in [0.1, 0.15) is 20.3 Å². The lowest BCUT2D eigenvalue weighted by atomic mass is 10.3. The van der Waals surface area contributed by atoms with Gasteiger partial charge in [0.05, 0.1) is 11.2 Å². The van der Waals surface area contributed by atoms with Gasteiger partial charge in [-0.3, -0.25) is 4.98 Å². The number of hydrogen-bond acceptors (Lipinski definition) is 4. The second-order valence-electron chi connectivity index (χ2n) is 3.57. The van der Waals surface area contributed by atoms with Crippen molar-refractivity contribution in [1.29, 1.82) is 0 Å². The highest BCUT2D eigenvalue weighted by molar-refractivity contribution is 7.80. The highest BCUT2D eigenvalue weighted by atomic mass is 32.1. The number of anilines is 1. The predicted octanol–water partition coefficient (Wildman–Crippen LogP) is 1.37. The highest BCUT2D eigenvalue weighted by Crippen LogP contribution is 2.11. The zero-order chi connectivity index (χ0) is 11.3. The second-order valence-corrected chi connectivity index (χ2v) is 4.09. The minimum absolute atomic E-state index is 0.357. The molecule has 1 aromatic heterocycles. The van der Waals surface area contributed by atoms with Crippen molar-refractivity contribution in [3.63, 3.8) is 0 Å². The lowest BCUT2D eigenvalue weighted by Gasteiger charge is -2.27. The van der Waals surface area contributed by atoms with Gasteiger partial charge in [-0.15, -0.1) is 0 Å². The van der Waals surface area contributed by atoms with Crippen LogP contribution >= 0.6 is 12.2 Å². The summed E-state index contributed by atoms with van der Waals surface area (Å²) in [6, 6.07) is 0.357. The smallest absolute Gasteiger partial charge is 0.147 e. The molecule has 0 saturated carbocycles. The number of nitrogens with zero attached hydrogens (tertiary/aromatic N) is 3. The summed E-state index contributed by atoms with van der Waals surface area (Å²) in [5.41, 5.74) is 5.49. The molecule has 0 aliphatic rings. The molecule has 2 N–H and O–H groups in total. The van der Waals surface area contributed by atoms with Gasteiger partial charge in [0, 0.05) is 31.4 Å². The highest BCUT2D eigenvalue weighted by Gasteiger charge is 2.11. The van der Waals surface area contributed by atoms with Gasteiger partial charge in [-0.05, 0) is 13.8 Å². The average Bonchev–Trinajstić information content (AvgIpc) is 2.18. The summed E-state index contributed by atoms with van der Waals surface area (Å²) in [6.45, 7) is 4.99. The maximum Gasteiger partial charge on any atom is 0.147 e. The lowest BCUT2D eigenvalue weighted by Crippen LogP contribution is -2.34. The lowest BCUT2D eigenvalue weighted by molar-refractivity contribution is 0.679. The summed E-state index contributed by atoms with van der Waals surface area (Å²) in [7, 11) is 0. The van der Waals surface area contributed by atoms with E-state index in [2.05, 4.69) is 28.7 Å². The maximum atomic E-state index is 5.49. The van der Waals surface area contributed by atoms with E-state index in [4.69, 9.17) is 18.0 Å². The van der Waals surface area contributed by atoms with Crippen LogP contribution < -0.4 is 10.6 Å². The van der Waals surface area contributed by atoms with Crippen LogP contribution in [-0.4, -0.2) is 27.5 Å². The van der Waals surface area contributed by atoms with E-state index < -0.39 is 0 Å². The van der Waals surface area contributed by atoms with Gasteiger partial charge in [0.2, 0.25) is 0 Å². The van der Waals surface area contributed by atoms with E-state index in [1.54, 1.807) is 18.6 Å². The van der Waals surface area contributed by atoms with Crippen molar-refractivity contribution < 1.29 is 0 Å². The molecular formula is C10H16N4S. The normalized spacial score (nSPS) is 10.3. The zero-order valence-corrected chi connectivity index (χ0v) is 9.87.